The number of ketones is 1. The number of carbonyl (C=O) groups is 2. The van der Waals surface area contributed by atoms with Crippen molar-refractivity contribution in [2.45, 2.75) is 39.7 Å². The molecule has 76 valence electrons. The van der Waals surface area contributed by atoms with Crippen LogP contribution in [0.15, 0.2) is 12.2 Å². The first-order valence-corrected chi connectivity index (χ1v) is 4.11. The minimum atomic E-state index is -0.828. The maximum Gasteiger partial charge on any atom is 0.142 e. The molecule has 0 fully saturated rings. The van der Waals surface area contributed by atoms with Crippen LogP contribution in [0.1, 0.15) is 34.1 Å². The summed E-state index contributed by atoms with van der Waals surface area (Å²) in [4.78, 5) is 19.6. The van der Waals surface area contributed by atoms with Gasteiger partial charge in [0.25, 0.3) is 0 Å². The fraction of sp³-hybridized carbons (Fsp3) is 0.600. The van der Waals surface area contributed by atoms with Crippen LogP contribution >= 0.6 is 0 Å². The predicted molar refractivity (Wildman–Crippen MR) is 52.5 cm³/mol. The van der Waals surface area contributed by atoms with E-state index in [1.54, 1.807) is 26.8 Å². The van der Waals surface area contributed by atoms with Gasteiger partial charge in [0.1, 0.15) is 12.1 Å². The van der Waals surface area contributed by atoms with Crippen LogP contribution < -0.4 is 0 Å². The van der Waals surface area contributed by atoms with E-state index < -0.39 is 5.60 Å². The van der Waals surface area contributed by atoms with Crippen LogP contribution in [0.5, 0.6) is 0 Å². The molecule has 0 saturated carbocycles. The molecule has 3 heteroatoms. The van der Waals surface area contributed by atoms with Crippen molar-refractivity contribution in [3.8, 4) is 0 Å². The lowest BCUT2D eigenvalue weighted by molar-refractivity contribution is -0.120. The standard InChI is InChI=1S/C6H12O2.C4H6O/c1-5(7)4-6(2,3)8;1-2-3-4-5/h8H,4H2,1-3H3;2-4H,1H3/b;3-2+. The monoisotopic (exact) mass is 186 g/mol. The molecule has 0 atom stereocenters. The summed E-state index contributed by atoms with van der Waals surface area (Å²) in [7, 11) is 0. The van der Waals surface area contributed by atoms with E-state index in [9.17, 15) is 9.59 Å². The van der Waals surface area contributed by atoms with Crippen molar-refractivity contribution in [2.24, 2.45) is 0 Å². The molecule has 0 aromatic heterocycles. The Labute approximate surface area is 79.5 Å². The molecular formula is C10H18O3. The number of aliphatic hydroxyl groups is 1. The number of allylic oxidation sites excluding steroid dienone is 2. The van der Waals surface area contributed by atoms with Gasteiger partial charge in [-0.25, -0.2) is 0 Å². The van der Waals surface area contributed by atoms with Crippen LogP contribution in [0.4, 0.5) is 0 Å². The number of Topliss-reactive ketones (excluding diaryl/α,β-unsaturated/α-hetero) is 1. The lowest BCUT2D eigenvalue weighted by Crippen LogP contribution is -2.21. The topological polar surface area (TPSA) is 54.4 Å². The van der Waals surface area contributed by atoms with Crippen LogP contribution in [-0.4, -0.2) is 22.8 Å². The van der Waals surface area contributed by atoms with E-state index in [1.165, 1.54) is 13.0 Å². The average Bonchev–Trinajstić information content (AvgIpc) is 1.84. The Kier molecular flexibility index (Phi) is 8.60. The highest BCUT2D eigenvalue weighted by atomic mass is 16.3. The van der Waals surface area contributed by atoms with Crippen LogP contribution in [0.2, 0.25) is 0 Å². The van der Waals surface area contributed by atoms with Crippen molar-refractivity contribution in [3.63, 3.8) is 0 Å². The maximum atomic E-state index is 10.3. The lowest BCUT2D eigenvalue weighted by atomic mass is 10.0. The molecule has 0 radical (unpaired) electrons. The summed E-state index contributed by atoms with van der Waals surface area (Å²) in [6.45, 7) is 6.51. The van der Waals surface area contributed by atoms with Gasteiger partial charge in [-0.1, -0.05) is 6.08 Å². The summed E-state index contributed by atoms with van der Waals surface area (Å²) in [6, 6.07) is 0. The summed E-state index contributed by atoms with van der Waals surface area (Å²) in [5.74, 6) is 0.0255. The molecule has 0 aliphatic heterocycles. The summed E-state index contributed by atoms with van der Waals surface area (Å²) >= 11 is 0. The van der Waals surface area contributed by atoms with Crippen LogP contribution in [-0.2, 0) is 9.59 Å². The molecule has 0 aromatic rings. The largest absolute Gasteiger partial charge is 0.390 e. The minimum Gasteiger partial charge on any atom is -0.390 e. The van der Waals surface area contributed by atoms with Gasteiger partial charge < -0.3 is 5.11 Å². The third kappa shape index (κ3) is 24.7. The number of aldehydes is 1. The first-order chi connectivity index (χ1) is 5.83. The highest BCUT2D eigenvalue weighted by Crippen LogP contribution is 2.06. The molecule has 13 heavy (non-hydrogen) atoms. The molecule has 0 saturated heterocycles. The van der Waals surface area contributed by atoms with Gasteiger partial charge in [0.2, 0.25) is 0 Å². The van der Waals surface area contributed by atoms with Crippen LogP contribution in [0.3, 0.4) is 0 Å². The third-order valence-electron chi connectivity index (χ3n) is 0.953. The molecule has 0 rings (SSSR count). The minimum absolute atomic E-state index is 0.0255. The summed E-state index contributed by atoms with van der Waals surface area (Å²) < 4.78 is 0. The first kappa shape index (κ1) is 14.6. The third-order valence-corrected chi connectivity index (χ3v) is 0.953. The maximum absolute atomic E-state index is 10.3. The molecule has 0 bridgehead atoms. The van der Waals surface area contributed by atoms with E-state index in [1.807, 2.05) is 0 Å². The second-order valence-corrected chi connectivity index (χ2v) is 3.35. The molecule has 0 spiro atoms. The van der Waals surface area contributed by atoms with Gasteiger partial charge in [-0.3, -0.25) is 9.59 Å². The van der Waals surface area contributed by atoms with E-state index in [-0.39, 0.29) is 12.2 Å². The number of carbonyl (C=O) groups excluding carboxylic acids is 2. The molecule has 3 nitrogen and oxygen atoms in total. The molecule has 0 amide bonds. The normalized spacial score (nSPS) is 10.5. The van der Waals surface area contributed by atoms with Gasteiger partial charge >= 0.3 is 0 Å². The van der Waals surface area contributed by atoms with E-state index in [2.05, 4.69) is 0 Å². The van der Waals surface area contributed by atoms with Crippen molar-refractivity contribution in [1.82, 2.24) is 0 Å². The molecule has 1 N–H and O–H groups in total. The van der Waals surface area contributed by atoms with Crippen LogP contribution in [0.25, 0.3) is 0 Å². The van der Waals surface area contributed by atoms with Gasteiger partial charge in [-0.05, 0) is 33.8 Å². The SMILES string of the molecule is C/C=C/C=O.CC(=O)CC(C)(C)O. The Morgan fingerprint density at radius 1 is 1.46 bits per heavy atom. The zero-order valence-electron chi connectivity index (χ0n) is 8.70. The van der Waals surface area contributed by atoms with Gasteiger partial charge in [-0.2, -0.15) is 0 Å². The molecule has 0 unspecified atom stereocenters. The smallest absolute Gasteiger partial charge is 0.142 e. The fourth-order valence-corrected chi connectivity index (χ4v) is 0.688. The van der Waals surface area contributed by atoms with Gasteiger partial charge in [0, 0.05) is 6.42 Å². The molecule has 0 aliphatic rings. The highest BCUT2D eigenvalue weighted by molar-refractivity contribution is 5.76. The zero-order valence-corrected chi connectivity index (χ0v) is 8.70. The molecular weight excluding hydrogens is 168 g/mol. The Bertz CT molecular complexity index is 175. The first-order valence-electron chi connectivity index (χ1n) is 4.11. The van der Waals surface area contributed by atoms with Crippen molar-refractivity contribution < 1.29 is 14.7 Å². The highest BCUT2D eigenvalue weighted by Gasteiger charge is 2.13. The van der Waals surface area contributed by atoms with Crippen molar-refractivity contribution in [3.05, 3.63) is 12.2 Å². The van der Waals surface area contributed by atoms with E-state index >= 15 is 0 Å². The van der Waals surface area contributed by atoms with Crippen molar-refractivity contribution in [1.29, 1.82) is 0 Å². The quantitative estimate of drug-likeness (QED) is 0.536. The molecule has 0 aromatic carbocycles. The van der Waals surface area contributed by atoms with E-state index in [4.69, 9.17) is 5.11 Å². The number of rotatable bonds is 3. The Hall–Kier alpha value is -0.960. The summed E-state index contributed by atoms with van der Waals surface area (Å²) in [5, 5.41) is 8.97. The van der Waals surface area contributed by atoms with Gasteiger partial charge in [-0.15, -0.1) is 0 Å². The van der Waals surface area contributed by atoms with E-state index in [0.717, 1.165) is 6.29 Å². The Morgan fingerprint density at radius 3 is 1.92 bits per heavy atom. The Morgan fingerprint density at radius 2 is 1.92 bits per heavy atom. The Balaban J connectivity index is 0. The second-order valence-electron chi connectivity index (χ2n) is 3.35. The number of hydrogen-bond donors (Lipinski definition) is 1. The van der Waals surface area contributed by atoms with Gasteiger partial charge in [0.05, 0.1) is 5.60 Å². The second kappa shape index (κ2) is 7.68. The average molecular weight is 186 g/mol. The van der Waals surface area contributed by atoms with Crippen molar-refractivity contribution >= 4 is 12.1 Å². The zero-order chi connectivity index (χ0) is 10.9. The molecule has 0 heterocycles. The van der Waals surface area contributed by atoms with E-state index in [0.29, 0.717) is 0 Å². The fourth-order valence-electron chi connectivity index (χ4n) is 0.688. The molecule has 0 aliphatic carbocycles. The van der Waals surface area contributed by atoms with Crippen LogP contribution in [0, 0.1) is 0 Å². The summed E-state index contributed by atoms with van der Waals surface area (Å²) in [6.07, 6.45) is 4.12. The number of hydrogen-bond acceptors (Lipinski definition) is 3. The predicted octanol–water partition coefficient (Wildman–Crippen LogP) is 1.50. The van der Waals surface area contributed by atoms with Crippen molar-refractivity contribution in [2.75, 3.05) is 0 Å². The van der Waals surface area contributed by atoms with Gasteiger partial charge in [0.15, 0.2) is 0 Å². The lowest BCUT2D eigenvalue weighted by Gasteiger charge is -2.13. The summed E-state index contributed by atoms with van der Waals surface area (Å²) in [5.41, 5.74) is -0.828.